The fraction of sp³-hybridized carbons (Fsp3) is 0.409. The molecular formula is C22H31ClN2O2. The van der Waals surface area contributed by atoms with Crippen molar-refractivity contribution in [3.8, 4) is 5.75 Å². The van der Waals surface area contributed by atoms with E-state index in [2.05, 4.69) is 30.4 Å². The molecule has 2 aromatic carbocycles. The molecule has 0 aromatic heterocycles. The number of carbonyl (C=O) groups is 1. The minimum Gasteiger partial charge on any atom is -0.496 e. The molecule has 5 heteroatoms. The number of hydrogen-bond acceptors (Lipinski definition) is 3. The number of para-hydroxylation sites is 1. The van der Waals surface area contributed by atoms with Crippen LogP contribution >= 0.6 is 12.4 Å². The van der Waals surface area contributed by atoms with Gasteiger partial charge >= 0.3 is 0 Å². The summed E-state index contributed by atoms with van der Waals surface area (Å²) in [5.74, 6) is 0.976. The second kappa shape index (κ2) is 11.6. The van der Waals surface area contributed by atoms with Gasteiger partial charge in [-0.2, -0.15) is 0 Å². The van der Waals surface area contributed by atoms with Crippen LogP contribution in [0.25, 0.3) is 0 Å². The molecule has 4 nitrogen and oxygen atoms in total. The van der Waals surface area contributed by atoms with E-state index in [0.717, 1.165) is 23.3 Å². The van der Waals surface area contributed by atoms with Gasteiger partial charge in [0.1, 0.15) is 5.75 Å². The Kier molecular flexibility index (Phi) is 9.90. The van der Waals surface area contributed by atoms with Crippen LogP contribution in [0.15, 0.2) is 54.6 Å². The number of amides is 1. The molecule has 2 aromatic rings. The molecule has 1 amide bonds. The SMILES string of the molecule is CNCC(C)C(=O)N(Cc1ccccc1)C(C)Cc1ccccc1OC.Cl. The highest BCUT2D eigenvalue weighted by Crippen LogP contribution is 2.22. The van der Waals surface area contributed by atoms with Crippen molar-refractivity contribution in [1.82, 2.24) is 10.2 Å². The van der Waals surface area contributed by atoms with E-state index in [1.165, 1.54) is 0 Å². The van der Waals surface area contributed by atoms with Crippen LogP contribution in [-0.4, -0.2) is 37.6 Å². The Morgan fingerprint density at radius 2 is 1.70 bits per heavy atom. The zero-order valence-corrected chi connectivity index (χ0v) is 17.5. The first-order valence-corrected chi connectivity index (χ1v) is 9.17. The number of carbonyl (C=O) groups excluding carboxylic acids is 1. The molecule has 1 N–H and O–H groups in total. The van der Waals surface area contributed by atoms with Crippen LogP contribution in [0.2, 0.25) is 0 Å². The average Bonchev–Trinajstić information content (AvgIpc) is 2.67. The van der Waals surface area contributed by atoms with E-state index in [4.69, 9.17) is 4.74 Å². The lowest BCUT2D eigenvalue weighted by Crippen LogP contribution is -2.44. The summed E-state index contributed by atoms with van der Waals surface area (Å²) in [5, 5.41) is 3.11. The highest BCUT2D eigenvalue weighted by molar-refractivity contribution is 5.85. The van der Waals surface area contributed by atoms with Gasteiger partial charge in [0.2, 0.25) is 5.91 Å². The van der Waals surface area contributed by atoms with Crippen molar-refractivity contribution in [3.63, 3.8) is 0 Å². The van der Waals surface area contributed by atoms with Crippen LogP contribution in [0.3, 0.4) is 0 Å². The van der Waals surface area contributed by atoms with E-state index in [1.807, 2.05) is 55.3 Å². The van der Waals surface area contributed by atoms with Gasteiger partial charge in [-0.3, -0.25) is 4.79 Å². The molecule has 0 radical (unpaired) electrons. The Balaban J connectivity index is 0.00000364. The van der Waals surface area contributed by atoms with Crippen molar-refractivity contribution >= 4 is 18.3 Å². The van der Waals surface area contributed by atoms with Gasteiger partial charge in [-0.05, 0) is 37.6 Å². The molecule has 0 spiro atoms. The van der Waals surface area contributed by atoms with E-state index in [0.29, 0.717) is 13.1 Å². The van der Waals surface area contributed by atoms with E-state index >= 15 is 0 Å². The van der Waals surface area contributed by atoms with E-state index in [9.17, 15) is 4.79 Å². The molecule has 0 bridgehead atoms. The maximum absolute atomic E-state index is 13.1. The molecule has 0 saturated heterocycles. The van der Waals surface area contributed by atoms with E-state index in [1.54, 1.807) is 7.11 Å². The van der Waals surface area contributed by atoms with Gasteiger partial charge in [0.25, 0.3) is 0 Å². The Morgan fingerprint density at radius 1 is 1.07 bits per heavy atom. The third-order valence-electron chi connectivity index (χ3n) is 4.65. The summed E-state index contributed by atoms with van der Waals surface area (Å²) >= 11 is 0. The normalized spacial score (nSPS) is 12.6. The number of methoxy groups -OCH3 is 1. The van der Waals surface area contributed by atoms with Gasteiger partial charge in [0.15, 0.2) is 0 Å². The first-order chi connectivity index (χ1) is 12.6. The zero-order valence-electron chi connectivity index (χ0n) is 16.6. The second-order valence-corrected chi connectivity index (χ2v) is 6.78. The number of benzene rings is 2. The highest BCUT2D eigenvalue weighted by Gasteiger charge is 2.25. The Bertz CT molecular complexity index is 694. The molecule has 2 rings (SSSR count). The van der Waals surface area contributed by atoms with Crippen molar-refractivity contribution in [2.75, 3.05) is 20.7 Å². The van der Waals surface area contributed by atoms with Crippen molar-refractivity contribution in [2.45, 2.75) is 32.9 Å². The van der Waals surface area contributed by atoms with Crippen LogP contribution in [0.4, 0.5) is 0 Å². The van der Waals surface area contributed by atoms with Crippen LogP contribution in [-0.2, 0) is 17.8 Å². The molecule has 0 fully saturated rings. The zero-order chi connectivity index (χ0) is 18.9. The Morgan fingerprint density at radius 3 is 2.33 bits per heavy atom. The maximum atomic E-state index is 13.1. The summed E-state index contributed by atoms with van der Waals surface area (Å²) in [6, 6.07) is 18.2. The van der Waals surface area contributed by atoms with Crippen molar-refractivity contribution in [2.24, 2.45) is 5.92 Å². The minimum absolute atomic E-state index is 0. The molecule has 148 valence electrons. The fourth-order valence-electron chi connectivity index (χ4n) is 3.21. The summed E-state index contributed by atoms with van der Waals surface area (Å²) in [6.45, 7) is 5.38. The number of ether oxygens (including phenoxy) is 1. The van der Waals surface area contributed by atoms with E-state index < -0.39 is 0 Å². The Labute approximate surface area is 169 Å². The molecule has 0 aliphatic carbocycles. The van der Waals surface area contributed by atoms with Gasteiger partial charge in [0.05, 0.1) is 7.11 Å². The van der Waals surface area contributed by atoms with Crippen LogP contribution < -0.4 is 10.1 Å². The molecule has 0 heterocycles. The van der Waals surface area contributed by atoms with Crippen molar-refractivity contribution < 1.29 is 9.53 Å². The average molecular weight is 391 g/mol. The second-order valence-electron chi connectivity index (χ2n) is 6.78. The molecule has 0 aliphatic rings. The summed E-state index contributed by atoms with van der Waals surface area (Å²) in [4.78, 5) is 15.1. The summed E-state index contributed by atoms with van der Waals surface area (Å²) < 4.78 is 5.48. The maximum Gasteiger partial charge on any atom is 0.227 e. The first-order valence-electron chi connectivity index (χ1n) is 9.17. The highest BCUT2D eigenvalue weighted by atomic mass is 35.5. The third-order valence-corrected chi connectivity index (χ3v) is 4.65. The smallest absolute Gasteiger partial charge is 0.227 e. The molecule has 0 aliphatic heterocycles. The minimum atomic E-state index is -0.0659. The number of nitrogens with one attached hydrogen (secondary N) is 1. The Hall–Kier alpha value is -2.04. The topological polar surface area (TPSA) is 41.6 Å². The fourth-order valence-corrected chi connectivity index (χ4v) is 3.21. The summed E-state index contributed by atoms with van der Waals surface area (Å²) in [6.07, 6.45) is 0.759. The lowest BCUT2D eigenvalue weighted by Gasteiger charge is -2.32. The molecule has 2 unspecified atom stereocenters. The molecular weight excluding hydrogens is 360 g/mol. The third kappa shape index (κ3) is 6.56. The van der Waals surface area contributed by atoms with Crippen LogP contribution in [0.5, 0.6) is 5.75 Å². The quantitative estimate of drug-likeness (QED) is 0.705. The van der Waals surface area contributed by atoms with Gasteiger partial charge < -0.3 is 15.0 Å². The van der Waals surface area contributed by atoms with Gasteiger partial charge in [-0.1, -0.05) is 55.5 Å². The molecule has 2 atom stereocenters. The van der Waals surface area contributed by atoms with Crippen LogP contribution in [0.1, 0.15) is 25.0 Å². The standard InChI is InChI=1S/C22H30N2O2.ClH/c1-17(15-23-3)22(25)24(16-19-10-6-5-7-11-19)18(2)14-20-12-8-9-13-21(20)26-4;/h5-13,17-18,23H,14-16H2,1-4H3;1H. The predicted molar refractivity (Wildman–Crippen MR) is 113 cm³/mol. The van der Waals surface area contributed by atoms with E-state index in [-0.39, 0.29) is 30.3 Å². The molecule has 27 heavy (non-hydrogen) atoms. The number of hydrogen-bond donors (Lipinski definition) is 1. The summed E-state index contributed by atoms with van der Waals surface area (Å²) in [5.41, 5.74) is 2.26. The van der Waals surface area contributed by atoms with Crippen LogP contribution in [0, 0.1) is 5.92 Å². The van der Waals surface area contributed by atoms with Gasteiger partial charge in [0, 0.05) is 25.0 Å². The summed E-state index contributed by atoms with van der Waals surface area (Å²) in [7, 11) is 3.56. The number of halogens is 1. The largest absolute Gasteiger partial charge is 0.496 e. The monoisotopic (exact) mass is 390 g/mol. The number of rotatable bonds is 9. The van der Waals surface area contributed by atoms with Crippen molar-refractivity contribution in [1.29, 1.82) is 0 Å². The lowest BCUT2D eigenvalue weighted by molar-refractivity contribution is -0.137. The van der Waals surface area contributed by atoms with Crippen molar-refractivity contribution in [3.05, 3.63) is 65.7 Å². The lowest BCUT2D eigenvalue weighted by atomic mass is 10.0. The number of nitrogens with zero attached hydrogens (tertiary/aromatic N) is 1. The van der Waals surface area contributed by atoms with Gasteiger partial charge in [-0.25, -0.2) is 0 Å². The predicted octanol–water partition coefficient (Wildman–Crippen LogP) is 3.93. The molecule has 0 saturated carbocycles. The van der Waals surface area contributed by atoms with Gasteiger partial charge in [-0.15, -0.1) is 12.4 Å². The first kappa shape index (κ1) is 23.0.